The van der Waals surface area contributed by atoms with Gasteiger partial charge in [0.25, 0.3) is 0 Å². The fraction of sp³-hybridized carbons (Fsp3) is 0.556. The van der Waals surface area contributed by atoms with E-state index in [0.29, 0.717) is 28.8 Å². The van der Waals surface area contributed by atoms with E-state index < -0.39 is 0 Å². The van der Waals surface area contributed by atoms with Crippen LogP contribution >= 0.6 is 23.2 Å². The Balaban J connectivity index is 1.41. The average Bonchev–Trinajstić information content (AvgIpc) is 3.15. The van der Waals surface area contributed by atoms with Crippen molar-refractivity contribution in [3.8, 4) is 0 Å². The lowest BCUT2D eigenvalue weighted by Gasteiger charge is -2.34. The van der Waals surface area contributed by atoms with Crippen LogP contribution < -0.4 is 5.32 Å². The van der Waals surface area contributed by atoms with Crippen LogP contribution in [0.3, 0.4) is 0 Å². The third-order valence-corrected chi connectivity index (χ3v) is 5.69. The van der Waals surface area contributed by atoms with Crippen LogP contribution in [-0.4, -0.2) is 78.9 Å². The van der Waals surface area contributed by atoms with Crippen LogP contribution in [0.5, 0.6) is 0 Å². The lowest BCUT2D eigenvalue weighted by atomic mass is 10.3. The first-order valence-electron chi connectivity index (χ1n) is 8.99. The molecule has 2 saturated heterocycles. The number of hydrogen-bond acceptors (Lipinski definition) is 4. The molecule has 2 aliphatic rings. The summed E-state index contributed by atoms with van der Waals surface area (Å²) in [6, 6.07) is 5.16. The highest BCUT2D eigenvalue weighted by atomic mass is 35.5. The number of nitrogens with zero attached hydrogens (tertiary/aromatic N) is 3. The molecule has 1 N–H and O–H groups in total. The molecule has 0 bridgehead atoms. The standard InChI is InChI=1S/C18H24Cl2N4O2/c19-14-4-3-5-15(18(14)20)21-16(25)12-22-8-10-23(11-9-22)13-17(26)24-6-1-2-7-24/h3-5H,1-2,6-13H2,(H,21,25). The number of piperazine rings is 1. The van der Waals surface area contributed by atoms with E-state index in [-0.39, 0.29) is 11.8 Å². The Morgan fingerprint density at radius 3 is 2.19 bits per heavy atom. The topological polar surface area (TPSA) is 55.9 Å². The quantitative estimate of drug-likeness (QED) is 0.825. The minimum absolute atomic E-state index is 0.115. The highest BCUT2D eigenvalue weighted by Crippen LogP contribution is 2.29. The van der Waals surface area contributed by atoms with Crippen LogP contribution in [0, 0.1) is 0 Å². The molecule has 3 rings (SSSR count). The number of anilines is 1. The fourth-order valence-corrected chi connectivity index (χ4v) is 3.70. The molecule has 0 atom stereocenters. The maximum absolute atomic E-state index is 12.2. The molecule has 6 nitrogen and oxygen atoms in total. The fourth-order valence-electron chi connectivity index (χ4n) is 3.36. The number of nitrogens with one attached hydrogen (secondary N) is 1. The minimum Gasteiger partial charge on any atom is -0.342 e. The Morgan fingerprint density at radius 2 is 1.54 bits per heavy atom. The Hall–Kier alpha value is -1.34. The first kappa shape index (κ1) is 19.4. The van der Waals surface area contributed by atoms with Gasteiger partial charge in [0.1, 0.15) is 0 Å². The molecule has 0 aromatic heterocycles. The summed E-state index contributed by atoms with van der Waals surface area (Å²) in [5, 5.41) is 3.58. The average molecular weight is 399 g/mol. The summed E-state index contributed by atoms with van der Waals surface area (Å²) >= 11 is 12.1. The van der Waals surface area contributed by atoms with Gasteiger partial charge in [0.15, 0.2) is 0 Å². The van der Waals surface area contributed by atoms with E-state index in [1.807, 2.05) is 4.90 Å². The van der Waals surface area contributed by atoms with Gasteiger partial charge in [0, 0.05) is 39.3 Å². The molecule has 8 heteroatoms. The molecule has 142 valence electrons. The molecule has 2 amide bonds. The molecule has 1 aromatic carbocycles. The van der Waals surface area contributed by atoms with Gasteiger partial charge in [-0.2, -0.15) is 0 Å². The smallest absolute Gasteiger partial charge is 0.238 e. The van der Waals surface area contributed by atoms with Crippen molar-refractivity contribution < 1.29 is 9.59 Å². The van der Waals surface area contributed by atoms with Crippen LogP contribution in [0.15, 0.2) is 18.2 Å². The summed E-state index contributed by atoms with van der Waals surface area (Å²) in [7, 11) is 0. The molecule has 26 heavy (non-hydrogen) atoms. The zero-order valence-electron chi connectivity index (χ0n) is 14.7. The van der Waals surface area contributed by atoms with Gasteiger partial charge in [-0.25, -0.2) is 0 Å². The van der Waals surface area contributed by atoms with Crippen LogP contribution in [-0.2, 0) is 9.59 Å². The van der Waals surface area contributed by atoms with Crippen LogP contribution in [0.1, 0.15) is 12.8 Å². The van der Waals surface area contributed by atoms with Crippen molar-refractivity contribution in [2.75, 3.05) is 57.7 Å². The molecule has 0 radical (unpaired) electrons. The maximum Gasteiger partial charge on any atom is 0.238 e. The molecule has 2 heterocycles. The van der Waals surface area contributed by atoms with E-state index in [1.54, 1.807) is 18.2 Å². The van der Waals surface area contributed by atoms with Crippen molar-refractivity contribution in [3.63, 3.8) is 0 Å². The van der Waals surface area contributed by atoms with E-state index >= 15 is 0 Å². The second-order valence-electron chi connectivity index (χ2n) is 6.79. The number of carbonyl (C=O) groups is 2. The highest BCUT2D eigenvalue weighted by Gasteiger charge is 2.24. The first-order chi connectivity index (χ1) is 12.5. The number of amides is 2. The van der Waals surface area contributed by atoms with Crippen molar-refractivity contribution >= 4 is 40.7 Å². The molecular formula is C18H24Cl2N4O2. The van der Waals surface area contributed by atoms with Gasteiger partial charge in [-0.15, -0.1) is 0 Å². The van der Waals surface area contributed by atoms with Gasteiger partial charge in [0.05, 0.1) is 28.8 Å². The summed E-state index contributed by atoms with van der Waals surface area (Å²) in [4.78, 5) is 30.7. The van der Waals surface area contributed by atoms with Crippen molar-refractivity contribution in [2.45, 2.75) is 12.8 Å². The normalized spacial score (nSPS) is 18.9. The summed E-state index contributed by atoms with van der Waals surface area (Å²) in [6.07, 6.45) is 2.23. The number of benzene rings is 1. The third kappa shape index (κ3) is 5.10. The lowest BCUT2D eigenvalue weighted by molar-refractivity contribution is -0.132. The van der Waals surface area contributed by atoms with Gasteiger partial charge in [-0.05, 0) is 25.0 Å². The summed E-state index contributed by atoms with van der Waals surface area (Å²) in [5.74, 6) is 0.111. The van der Waals surface area contributed by atoms with Crippen molar-refractivity contribution in [1.29, 1.82) is 0 Å². The van der Waals surface area contributed by atoms with Gasteiger partial charge in [0.2, 0.25) is 11.8 Å². The second-order valence-corrected chi connectivity index (χ2v) is 7.57. The predicted molar refractivity (Wildman–Crippen MR) is 104 cm³/mol. The number of halogens is 2. The second kappa shape index (κ2) is 9.04. The number of hydrogen-bond donors (Lipinski definition) is 1. The number of likely N-dealkylation sites (tertiary alicyclic amines) is 1. The Bertz CT molecular complexity index is 657. The van der Waals surface area contributed by atoms with Crippen molar-refractivity contribution in [3.05, 3.63) is 28.2 Å². The van der Waals surface area contributed by atoms with Crippen LogP contribution in [0.2, 0.25) is 10.0 Å². The van der Waals surface area contributed by atoms with Crippen molar-refractivity contribution in [2.24, 2.45) is 0 Å². The monoisotopic (exact) mass is 398 g/mol. The predicted octanol–water partition coefficient (Wildman–Crippen LogP) is 2.17. The van der Waals surface area contributed by atoms with Gasteiger partial charge in [-0.1, -0.05) is 29.3 Å². The largest absolute Gasteiger partial charge is 0.342 e. The zero-order chi connectivity index (χ0) is 18.5. The van der Waals surface area contributed by atoms with Gasteiger partial charge in [-0.3, -0.25) is 19.4 Å². The number of carbonyl (C=O) groups excluding carboxylic acids is 2. The Morgan fingerprint density at radius 1 is 0.923 bits per heavy atom. The molecule has 2 aliphatic heterocycles. The molecule has 1 aromatic rings. The minimum atomic E-state index is -0.115. The Labute approximate surface area is 164 Å². The van der Waals surface area contributed by atoms with Gasteiger partial charge < -0.3 is 10.2 Å². The first-order valence-corrected chi connectivity index (χ1v) is 9.75. The number of rotatable bonds is 5. The molecule has 0 aliphatic carbocycles. The molecule has 0 unspecified atom stereocenters. The van der Waals surface area contributed by atoms with E-state index in [9.17, 15) is 9.59 Å². The summed E-state index contributed by atoms with van der Waals surface area (Å²) in [5.41, 5.74) is 0.527. The van der Waals surface area contributed by atoms with E-state index in [2.05, 4.69) is 15.1 Å². The van der Waals surface area contributed by atoms with E-state index in [0.717, 1.165) is 52.1 Å². The van der Waals surface area contributed by atoms with Crippen LogP contribution in [0.25, 0.3) is 0 Å². The Kier molecular flexibility index (Phi) is 6.75. The molecular weight excluding hydrogens is 375 g/mol. The summed E-state index contributed by atoms with van der Waals surface area (Å²) < 4.78 is 0. The zero-order valence-corrected chi connectivity index (χ0v) is 16.2. The van der Waals surface area contributed by atoms with E-state index in [1.165, 1.54) is 0 Å². The van der Waals surface area contributed by atoms with Gasteiger partial charge >= 0.3 is 0 Å². The van der Waals surface area contributed by atoms with Crippen molar-refractivity contribution in [1.82, 2.24) is 14.7 Å². The molecule has 0 spiro atoms. The molecule has 0 saturated carbocycles. The SMILES string of the molecule is O=C(CN1CCN(CC(=O)N2CCCC2)CC1)Nc1cccc(Cl)c1Cl. The molecule has 2 fully saturated rings. The van der Waals surface area contributed by atoms with E-state index in [4.69, 9.17) is 23.2 Å². The summed E-state index contributed by atoms with van der Waals surface area (Å²) in [6.45, 7) is 5.70. The van der Waals surface area contributed by atoms with Crippen LogP contribution in [0.4, 0.5) is 5.69 Å². The third-order valence-electron chi connectivity index (χ3n) is 4.88. The maximum atomic E-state index is 12.2. The lowest BCUT2D eigenvalue weighted by Crippen LogP contribution is -2.51. The highest BCUT2D eigenvalue weighted by molar-refractivity contribution is 6.44.